The second kappa shape index (κ2) is 13.7. The van der Waals surface area contributed by atoms with Gasteiger partial charge in [-0.15, -0.1) is 13.1 Å². The van der Waals surface area contributed by atoms with Crippen LogP contribution in [-0.2, 0) is 20.0 Å². The Hall–Kier alpha value is -1.58. The van der Waals surface area contributed by atoms with Crippen molar-refractivity contribution < 1.29 is 52.7 Å². The van der Waals surface area contributed by atoms with Crippen LogP contribution in [0.25, 0.3) is 0 Å². The molecule has 0 atom stereocenters. The standard InChI is InChI=1S/C25H25Cl2N3O5S2.U/c1-4-29(5-2)36(32,33)20-14-10-11-18(15-20)28-25(31)21-16-24(23(27)17-22(21)26)37(34,35)30(6-3)19-12-8-7-9-13-19;/h7-17H,1-2,4-6H2,3H3,(H,28,31);/q-2;+2. The molecule has 0 saturated carbocycles. The van der Waals surface area contributed by atoms with E-state index in [-0.39, 0.29) is 81.8 Å². The maximum Gasteiger partial charge on any atom is 2.00 e. The number of carbonyl (C=O) groups excluding carboxylic acids is 1. The number of para-hydroxylation sites is 1. The second-order valence-electron chi connectivity index (χ2n) is 7.65. The first-order valence-electron chi connectivity index (χ1n) is 11.0. The minimum absolute atomic E-state index is 0. The van der Waals surface area contributed by atoms with Crippen molar-refractivity contribution in [1.29, 1.82) is 0 Å². The molecule has 0 bridgehead atoms. The fourth-order valence-electron chi connectivity index (χ4n) is 3.54. The van der Waals surface area contributed by atoms with Gasteiger partial charge in [0.25, 0.3) is 15.9 Å². The number of nitrogens with one attached hydrogen (secondary N) is 1. The van der Waals surface area contributed by atoms with Crippen LogP contribution in [-0.4, -0.2) is 46.7 Å². The SMILES string of the molecule is [CH2-]CN(C[CH2-])S(=O)(=O)c1cccc(NC(=O)c2cc(S(=O)(=O)N(CC)c3ccccc3)c(Cl)cc2Cl)c1.[U+2]. The van der Waals surface area contributed by atoms with E-state index in [4.69, 9.17) is 23.2 Å². The number of benzene rings is 3. The largest absolute Gasteiger partial charge is 2.00 e. The molecular formula is C25H25Cl2N3O5S2U. The monoisotopic (exact) mass is 819 g/mol. The third kappa shape index (κ3) is 6.94. The summed E-state index contributed by atoms with van der Waals surface area (Å²) in [5.74, 6) is -0.749. The predicted molar refractivity (Wildman–Crippen MR) is 147 cm³/mol. The van der Waals surface area contributed by atoms with Crippen molar-refractivity contribution in [2.24, 2.45) is 0 Å². The van der Waals surface area contributed by atoms with Gasteiger partial charge < -0.3 is 19.2 Å². The number of rotatable bonds is 10. The number of sulfonamides is 2. The maximum atomic E-state index is 13.5. The number of hydrogen-bond acceptors (Lipinski definition) is 5. The zero-order valence-electron chi connectivity index (χ0n) is 20.4. The molecule has 3 aromatic rings. The van der Waals surface area contributed by atoms with E-state index >= 15 is 0 Å². The first kappa shape index (κ1) is 32.6. The second-order valence-corrected chi connectivity index (χ2v) is 12.2. The van der Waals surface area contributed by atoms with Gasteiger partial charge in [-0.2, -0.15) is 0 Å². The van der Waals surface area contributed by atoms with Crippen LogP contribution in [0.5, 0.6) is 0 Å². The summed E-state index contributed by atoms with van der Waals surface area (Å²) in [6, 6.07) is 16.4. The number of hydrogen-bond donors (Lipinski definition) is 1. The number of nitrogens with zero attached hydrogens (tertiary/aromatic N) is 2. The molecule has 0 aliphatic carbocycles. The molecule has 3 aromatic carbocycles. The molecule has 0 saturated heterocycles. The normalized spacial score (nSPS) is 11.6. The van der Waals surface area contributed by atoms with E-state index in [2.05, 4.69) is 19.2 Å². The molecule has 8 nitrogen and oxygen atoms in total. The molecule has 0 aliphatic heterocycles. The Morgan fingerprint density at radius 3 is 2.08 bits per heavy atom. The summed E-state index contributed by atoms with van der Waals surface area (Å²) in [6.07, 6.45) is 0. The summed E-state index contributed by atoms with van der Waals surface area (Å²) in [4.78, 5) is 12.8. The Labute approximate surface area is 257 Å². The molecule has 0 aromatic heterocycles. The van der Waals surface area contributed by atoms with Gasteiger partial charge in [0.2, 0.25) is 10.0 Å². The first-order chi connectivity index (χ1) is 17.5. The molecule has 1 N–H and O–H groups in total. The van der Waals surface area contributed by atoms with Gasteiger partial charge in [0, 0.05) is 12.2 Å². The Morgan fingerprint density at radius 1 is 0.868 bits per heavy atom. The molecule has 0 heterocycles. The van der Waals surface area contributed by atoms with Crippen LogP contribution in [0.2, 0.25) is 10.0 Å². The van der Waals surface area contributed by atoms with Crippen molar-refractivity contribution in [3.63, 3.8) is 0 Å². The third-order valence-corrected chi connectivity index (χ3v) is 9.97. The fourth-order valence-corrected chi connectivity index (χ4v) is 7.15. The topological polar surface area (TPSA) is 104 Å². The predicted octanol–water partition coefficient (Wildman–Crippen LogP) is 5.12. The van der Waals surface area contributed by atoms with Crippen molar-refractivity contribution in [3.8, 4) is 0 Å². The van der Waals surface area contributed by atoms with Crippen LogP contribution in [0.15, 0.2) is 76.5 Å². The van der Waals surface area contributed by atoms with Crippen LogP contribution < -0.4 is 9.62 Å². The summed E-state index contributed by atoms with van der Waals surface area (Å²) in [5, 5.41) is 2.35. The average Bonchev–Trinajstić information content (AvgIpc) is 2.85. The van der Waals surface area contributed by atoms with Gasteiger partial charge in [0.1, 0.15) is 4.90 Å². The number of halogens is 2. The molecular weight excluding hydrogens is 795 g/mol. The van der Waals surface area contributed by atoms with Crippen molar-refractivity contribution >= 4 is 60.5 Å². The summed E-state index contributed by atoms with van der Waals surface area (Å²) in [7, 11) is -8.03. The summed E-state index contributed by atoms with van der Waals surface area (Å²) >= 11 is 12.5. The van der Waals surface area contributed by atoms with E-state index in [0.717, 1.165) is 14.7 Å². The zero-order chi connectivity index (χ0) is 27.4. The van der Waals surface area contributed by atoms with Crippen LogP contribution >= 0.6 is 23.2 Å². The number of carbonyl (C=O) groups is 1. The third-order valence-electron chi connectivity index (χ3n) is 5.39. The Bertz CT molecular complexity index is 1500. The number of anilines is 2. The van der Waals surface area contributed by atoms with Gasteiger partial charge in [0.15, 0.2) is 0 Å². The summed E-state index contributed by atoms with van der Waals surface area (Å²) in [6.45, 7) is 8.96. The van der Waals surface area contributed by atoms with E-state index in [1.807, 2.05) is 0 Å². The van der Waals surface area contributed by atoms with Gasteiger partial charge in [0.05, 0.1) is 26.2 Å². The van der Waals surface area contributed by atoms with Gasteiger partial charge in [-0.25, -0.2) is 16.8 Å². The van der Waals surface area contributed by atoms with Crippen LogP contribution in [0.4, 0.5) is 11.4 Å². The maximum absolute atomic E-state index is 13.5. The van der Waals surface area contributed by atoms with E-state index in [1.54, 1.807) is 37.3 Å². The molecule has 13 heteroatoms. The van der Waals surface area contributed by atoms with E-state index < -0.39 is 26.0 Å². The van der Waals surface area contributed by atoms with E-state index in [0.29, 0.717) is 5.69 Å². The Morgan fingerprint density at radius 2 is 1.50 bits per heavy atom. The zero-order valence-corrected chi connectivity index (χ0v) is 27.7. The molecule has 0 spiro atoms. The van der Waals surface area contributed by atoms with E-state index in [9.17, 15) is 21.6 Å². The molecule has 3 rings (SSSR count). The first-order valence-corrected chi connectivity index (χ1v) is 14.7. The fraction of sp³-hybridized carbons (Fsp3) is 0.160. The smallest absolute Gasteiger partial charge is 0.329 e. The molecule has 1 amide bonds. The molecule has 0 radical (unpaired) electrons. The molecule has 0 fully saturated rings. The summed E-state index contributed by atoms with van der Waals surface area (Å²) in [5.41, 5.74) is 0.437. The molecule has 200 valence electrons. The van der Waals surface area contributed by atoms with Crippen LogP contribution in [0.3, 0.4) is 0 Å². The van der Waals surface area contributed by atoms with Crippen molar-refractivity contribution in [3.05, 3.63) is 96.2 Å². The van der Waals surface area contributed by atoms with E-state index in [1.165, 1.54) is 30.3 Å². The van der Waals surface area contributed by atoms with Crippen LogP contribution in [0.1, 0.15) is 17.3 Å². The molecule has 38 heavy (non-hydrogen) atoms. The van der Waals surface area contributed by atoms with Crippen molar-refractivity contribution in [1.82, 2.24) is 4.31 Å². The Balaban J connectivity index is 0.00000507. The minimum Gasteiger partial charge on any atom is -0.329 e. The minimum atomic E-state index is -4.16. The Kier molecular flexibility index (Phi) is 11.7. The molecule has 0 unspecified atom stereocenters. The summed E-state index contributed by atoms with van der Waals surface area (Å²) < 4.78 is 54.8. The van der Waals surface area contributed by atoms with Gasteiger partial charge >= 0.3 is 31.1 Å². The van der Waals surface area contributed by atoms with Crippen molar-refractivity contribution in [2.45, 2.75) is 16.7 Å². The quantitative estimate of drug-likeness (QED) is 0.287. The van der Waals surface area contributed by atoms with Crippen molar-refractivity contribution in [2.75, 3.05) is 29.3 Å². The molecule has 0 aliphatic rings. The van der Waals surface area contributed by atoms with Gasteiger partial charge in [-0.3, -0.25) is 13.4 Å². The average molecular weight is 821 g/mol. The van der Waals surface area contributed by atoms with Crippen LogP contribution in [0, 0.1) is 45.0 Å². The van der Waals surface area contributed by atoms with Gasteiger partial charge in [-0.05, 0) is 49.4 Å². The number of amides is 1. The van der Waals surface area contributed by atoms with Gasteiger partial charge in [-0.1, -0.05) is 47.5 Å².